The van der Waals surface area contributed by atoms with E-state index in [1.807, 2.05) is 19.2 Å². The Kier molecular flexibility index (Phi) is 6.49. The van der Waals surface area contributed by atoms with E-state index in [-0.39, 0.29) is 0 Å². The predicted molar refractivity (Wildman–Crippen MR) is 91.0 cm³/mol. The zero-order chi connectivity index (χ0) is 15.2. The summed E-state index contributed by atoms with van der Waals surface area (Å²) in [5, 5.41) is 4.22. The lowest BCUT2D eigenvalue weighted by Crippen LogP contribution is -2.37. The van der Waals surface area contributed by atoms with Gasteiger partial charge in [-0.3, -0.25) is 0 Å². The fraction of sp³-hybridized carbons (Fsp3) is 0.647. The molecule has 2 atom stereocenters. The largest absolute Gasteiger partial charge is 0.313 e. The Morgan fingerprint density at radius 1 is 1.38 bits per heavy atom. The summed E-state index contributed by atoms with van der Waals surface area (Å²) in [4.78, 5) is 4.96. The molecule has 1 aromatic rings. The van der Waals surface area contributed by atoms with Crippen LogP contribution in [-0.4, -0.2) is 56.6 Å². The molecule has 1 N–H and O–H groups in total. The highest BCUT2D eigenvalue weighted by molar-refractivity contribution is 6.30. The standard InChI is InChI=1S/C17H28ClN3/c1-19-17(14-6-8-15(18)9-7-14)10-12-20(2)13-16-5-4-11-21(16)3/h6-9,16-17,19H,4-5,10-13H2,1-3H3. The number of likely N-dealkylation sites (tertiary alicyclic amines) is 1. The number of hydrogen-bond acceptors (Lipinski definition) is 3. The van der Waals surface area contributed by atoms with E-state index in [4.69, 9.17) is 11.6 Å². The van der Waals surface area contributed by atoms with Crippen LogP contribution in [0.1, 0.15) is 30.9 Å². The van der Waals surface area contributed by atoms with Gasteiger partial charge in [0.1, 0.15) is 0 Å². The molecule has 2 unspecified atom stereocenters. The molecule has 2 rings (SSSR count). The molecular formula is C17H28ClN3. The zero-order valence-corrected chi connectivity index (χ0v) is 14.2. The Morgan fingerprint density at radius 3 is 2.67 bits per heavy atom. The molecule has 0 radical (unpaired) electrons. The van der Waals surface area contributed by atoms with Gasteiger partial charge in [0, 0.05) is 23.7 Å². The lowest BCUT2D eigenvalue weighted by atomic mass is 10.0. The van der Waals surface area contributed by atoms with Gasteiger partial charge in [-0.15, -0.1) is 0 Å². The highest BCUT2D eigenvalue weighted by Crippen LogP contribution is 2.20. The van der Waals surface area contributed by atoms with E-state index in [1.54, 1.807) is 0 Å². The Hall–Kier alpha value is -0.610. The minimum atomic E-state index is 0.394. The molecule has 0 saturated carbocycles. The first-order valence-electron chi connectivity index (χ1n) is 7.91. The summed E-state index contributed by atoms with van der Waals surface area (Å²) in [6.07, 6.45) is 3.80. The molecule has 1 aromatic carbocycles. The molecule has 21 heavy (non-hydrogen) atoms. The van der Waals surface area contributed by atoms with Gasteiger partial charge in [-0.25, -0.2) is 0 Å². The van der Waals surface area contributed by atoms with Crippen LogP contribution in [0.2, 0.25) is 5.02 Å². The fourth-order valence-electron chi connectivity index (χ4n) is 3.18. The van der Waals surface area contributed by atoms with Crippen LogP contribution in [-0.2, 0) is 0 Å². The molecule has 3 nitrogen and oxygen atoms in total. The molecule has 0 aliphatic carbocycles. The smallest absolute Gasteiger partial charge is 0.0406 e. The maximum absolute atomic E-state index is 5.96. The number of likely N-dealkylation sites (N-methyl/N-ethyl adjacent to an activating group) is 2. The first-order valence-corrected chi connectivity index (χ1v) is 8.29. The predicted octanol–water partition coefficient (Wildman–Crippen LogP) is 3.02. The second-order valence-corrected chi connectivity index (χ2v) is 6.66. The normalized spacial score (nSPS) is 21.1. The van der Waals surface area contributed by atoms with E-state index in [0.717, 1.165) is 24.0 Å². The fourth-order valence-corrected chi connectivity index (χ4v) is 3.31. The lowest BCUT2D eigenvalue weighted by Gasteiger charge is -2.27. The summed E-state index contributed by atoms with van der Waals surface area (Å²) in [5.41, 5.74) is 1.31. The van der Waals surface area contributed by atoms with E-state index in [9.17, 15) is 0 Å². The van der Waals surface area contributed by atoms with Gasteiger partial charge in [0.25, 0.3) is 0 Å². The topological polar surface area (TPSA) is 18.5 Å². The number of nitrogens with one attached hydrogen (secondary N) is 1. The van der Waals surface area contributed by atoms with Crippen LogP contribution in [0.15, 0.2) is 24.3 Å². The summed E-state index contributed by atoms with van der Waals surface area (Å²) >= 11 is 5.96. The quantitative estimate of drug-likeness (QED) is 0.835. The highest BCUT2D eigenvalue weighted by Gasteiger charge is 2.22. The number of nitrogens with zero attached hydrogens (tertiary/aromatic N) is 2. The monoisotopic (exact) mass is 309 g/mol. The van der Waals surface area contributed by atoms with Crippen LogP contribution in [0.3, 0.4) is 0 Å². The number of rotatable bonds is 7. The molecular weight excluding hydrogens is 282 g/mol. The average Bonchev–Trinajstić information content (AvgIpc) is 2.87. The molecule has 118 valence electrons. The van der Waals surface area contributed by atoms with Gasteiger partial charge in [-0.1, -0.05) is 23.7 Å². The van der Waals surface area contributed by atoms with Gasteiger partial charge in [0.15, 0.2) is 0 Å². The van der Waals surface area contributed by atoms with Gasteiger partial charge >= 0.3 is 0 Å². The summed E-state index contributed by atoms with van der Waals surface area (Å²) in [5.74, 6) is 0. The van der Waals surface area contributed by atoms with E-state index >= 15 is 0 Å². The molecule has 1 fully saturated rings. The van der Waals surface area contributed by atoms with Gasteiger partial charge in [-0.2, -0.15) is 0 Å². The van der Waals surface area contributed by atoms with Crippen LogP contribution in [0.25, 0.3) is 0 Å². The van der Waals surface area contributed by atoms with Crippen LogP contribution in [0.4, 0.5) is 0 Å². The van der Waals surface area contributed by atoms with Crippen molar-refractivity contribution in [3.8, 4) is 0 Å². The molecule has 1 aliphatic rings. The molecule has 1 saturated heterocycles. The molecule has 1 heterocycles. The Bertz CT molecular complexity index is 421. The third-order valence-electron chi connectivity index (χ3n) is 4.61. The zero-order valence-electron chi connectivity index (χ0n) is 13.5. The highest BCUT2D eigenvalue weighted by atomic mass is 35.5. The molecule has 0 bridgehead atoms. The van der Waals surface area contributed by atoms with Gasteiger partial charge in [0.2, 0.25) is 0 Å². The number of halogens is 1. The van der Waals surface area contributed by atoms with Gasteiger partial charge < -0.3 is 15.1 Å². The summed E-state index contributed by atoms with van der Waals surface area (Å²) in [6.45, 7) is 3.54. The van der Waals surface area contributed by atoms with Crippen molar-refractivity contribution in [2.45, 2.75) is 31.3 Å². The maximum Gasteiger partial charge on any atom is 0.0406 e. The molecule has 0 spiro atoms. The van der Waals surface area contributed by atoms with E-state index in [1.165, 1.54) is 31.5 Å². The SMILES string of the molecule is CNC(CCN(C)CC1CCCN1C)c1ccc(Cl)cc1. The van der Waals surface area contributed by atoms with Crippen molar-refractivity contribution in [2.75, 3.05) is 40.8 Å². The van der Waals surface area contributed by atoms with Crippen LogP contribution in [0, 0.1) is 0 Å². The first-order chi connectivity index (χ1) is 10.1. The van der Waals surface area contributed by atoms with E-state index in [2.05, 4.69) is 41.3 Å². The minimum Gasteiger partial charge on any atom is -0.313 e. The second-order valence-electron chi connectivity index (χ2n) is 6.22. The van der Waals surface area contributed by atoms with Crippen molar-refractivity contribution < 1.29 is 0 Å². The lowest BCUT2D eigenvalue weighted by molar-refractivity contribution is 0.214. The van der Waals surface area contributed by atoms with Crippen molar-refractivity contribution in [2.24, 2.45) is 0 Å². The van der Waals surface area contributed by atoms with Crippen molar-refractivity contribution in [1.82, 2.24) is 15.1 Å². The van der Waals surface area contributed by atoms with Crippen LogP contribution >= 0.6 is 11.6 Å². The van der Waals surface area contributed by atoms with Crippen molar-refractivity contribution in [3.63, 3.8) is 0 Å². The second kappa shape index (κ2) is 8.14. The van der Waals surface area contributed by atoms with E-state index < -0.39 is 0 Å². The average molecular weight is 310 g/mol. The van der Waals surface area contributed by atoms with Crippen molar-refractivity contribution >= 4 is 11.6 Å². The third kappa shape index (κ3) is 4.96. The van der Waals surface area contributed by atoms with Gasteiger partial charge in [-0.05, 0) is 71.2 Å². The third-order valence-corrected chi connectivity index (χ3v) is 4.87. The summed E-state index contributed by atoms with van der Waals surface area (Å²) in [6, 6.07) is 9.31. The number of benzene rings is 1. The molecule has 1 aliphatic heterocycles. The Labute approximate surface area is 134 Å². The summed E-state index contributed by atoms with van der Waals surface area (Å²) in [7, 11) is 6.51. The van der Waals surface area contributed by atoms with Crippen LogP contribution in [0.5, 0.6) is 0 Å². The Balaban J connectivity index is 1.80. The first kappa shape index (κ1) is 16.8. The maximum atomic E-state index is 5.96. The van der Waals surface area contributed by atoms with E-state index in [0.29, 0.717) is 6.04 Å². The Morgan fingerprint density at radius 2 is 2.10 bits per heavy atom. The molecule has 0 aromatic heterocycles. The van der Waals surface area contributed by atoms with Crippen molar-refractivity contribution in [1.29, 1.82) is 0 Å². The van der Waals surface area contributed by atoms with Gasteiger partial charge in [0.05, 0.1) is 0 Å². The number of hydrogen-bond donors (Lipinski definition) is 1. The van der Waals surface area contributed by atoms with Crippen LogP contribution < -0.4 is 5.32 Å². The molecule has 0 amide bonds. The van der Waals surface area contributed by atoms with Crippen molar-refractivity contribution in [3.05, 3.63) is 34.9 Å². The minimum absolute atomic E-state index is 0.394. The summed E-state index contributed by atoms with van der Waals surface area (Å²) < 4.78 is 0. The molecule has 4 heteroatoms.